The maximum Gasteiger partial charge on any atom is 0.245 e. The first-order valence-electron chi connectivity index (χ1n) is 9.25. The van der Waals surface area contributed by atoms with Gasteiger partial charge in [-0.05, 0) is 23.1 Å². The molecule has 156 valence electrons. The Balaban J connectivity index is 1.45. The quantitative estimate of drug-likeness (QED) is 0.568. The van der Waals surface area contributed by atoms with Crippen molar-refractivity contribution in [1.82, 2.24) is 13.7 Å². The number of carbonyl (C=O) groups is 1. The van der Waals surface area contributed by atoms with Crippen LogP contribution in [0.2, 0.25) is 0 Å². The monoisotopic (exact) mass is 460 g/mol. The molecule has 0 fully saturated rings. The van der Waals surface area contributed by atoms with Gasteiger partial charge in [0.05, 0.1) is 6.26 Å². The molecule has 1 amide bonds. The van der Waals surface area contributed by atoms with Gasteiger partial charge in [-0.25, -0.2) is 8.42 Å². The molecule has 4 rings (SSSR count). The third kappa shape index (κ3) is 4.89. The molecule has 0 spiro atoms. The summed E-state index contributed by atoms with van der Waals surface area (Å²) in [7, 11) is -3.55. The van der Waals surface area contributed by atoms with Crippen LogP contribution in [-0.2, 0) is 33.5 Å². The van der Waals surface area contributed by atoms with Crippen LogP contribution in [0.3, 0.4) is 0 Å². The third-order valence-electron chi connectivity index (χ3n) is 4.78. The average molecular weight is 461 g/mol. The number of nitrogens with one attached hydrogen (secondary N) is 1. The summed E-state index contributed by atoms with van der Waals surface area (Å²) in [6, 6.07) is 16.7. The number of carbonyl (C=O) groups excluding carboxylic acids is 1. The topological polar surface area (TPSA) is 92.3 Å². The van der Waals surface area contributed by atoms with Gasteiger partial charge < -0.3 is 0 Å². The molecule has 2 heterocycles. The summed E-state index contributed by atoms with van der Waals surface area (Å²) in [5.74, 6) is 0.331. The van der Waals surface area contributed by atoms with E-state index in [4.69, 9.17) is 0 Å². The van der Waals surface area contributed by atoms with Crippen molar-refractivity contribution in [2.45, 2.75) is 29.9 Å². The highest BCUT2D eigenvalue weighted by molar-refractivity contribution is 7.98. The lowest BCUT2D eigenvalue weighted by molar-refractivity contribution is -0.120. The molecule has 0 bridgehead atoms. The van der Waals surface area contributed by atoms with E-state index in [-0.39, 0.29) is 6.54 Å². The second-order valence-corrected chi connectivity index (χ2v) is 10.6. The van der Waals surface area contributed by atoms with Gasteiger partial charge >= 0.3 is 0 Å². The van der Waals surface area contributed by atoms with Gasteiger partial charge in [-0.2, -0.15) is 13.7 Å². The van der Waals surface area contributed by atoms with Crippen molar-refractivity contribution < 1.29 is 13.2 Å². The third-order valence-corrected chi connectivity index (χ3v) is 7.68. The number of benzene rings is 2. The maximum atomic E-state index is 12.9. The fourth-order valence-electron chi connectivity index (χ4n) is 3.30. The average Bonchev–Trinajstić information content (AvgIpc) is 3.18. The Labute approximate surface area is 183 Å². The number of rotatable bonds is 6. The zero-order chi connectivity index (χ0) is 21.1. The van der Waals surface area contributed by atoms with Crippen LogP contribution in [0.5, 0.6) is 0 Å². The van der Waals surface area contributed by atoms with Gasteiger partial charge in [-0.1, -0.05) is 66.4 Å². The summed E-state index contributed by atoms with van der Waals surface area (Å²) in [4.78, 5) is 17.3. The van der Waals surface area contributed by atoms with E-state index >= 15 is 0 Å². The molecule has 10 heteroatoms. The summed E-state index contributed by atoms with van der Waals surface area (Å²) in [5.41, 5.74) is 3.06. The second-order valence-electron chi connectivity index (χ2n) is 6.94. The van der Waals surface area contributed by atoms with Gasteiger partial charge in [0.25, 0.3) is 0 Å². The summed E-state index contributed by atoms with van der Waals surface area (Å²) >= 11 is 2.57. The summed E-state index contributed by atoms with van der Waals surface area (Å²) in [5, 5.41) is 3.69. The van der Waals surface area contributed by atoms with Crippen molar-refractivity contribution in [3.05, 3.63) is 71.3 Å². The Hall–Kier alpha value is -2.27. The van der Waals surface area contributed by atoms with Gasteiger partial charge in [-0.3, -0.25) is 10.1 Å². The van der Waals surface area contributed by atoms with E-state index in [1.165, 1.54) is 16.1 Å². The van der Waals surface area contributed by atoms with Gasteiger partial charge in [0, 0.05) is 23.8 Å². The Morgan fingerprint density at radius 3 is 2.60 bits per heavy atom. The molecule has 1 atom stereocenters. The fourth-order valence-corrected chi connectivity index (χ4v) is 5.81. The van der Waals surface area contributed by atoms with Crippen LogP contribution in [0.1, 0.15) is 16.7 Å². The molecule has 1 aliphatic heterocycles. The molecular formula is C20H20N4O3S3. The lowest BCUT2D eigenvalue weighted by Crippen LogP contribution is -2.50. The van der Waals surface area contributed by atoms with E-state index in [2.05, 4.69) is 14.7 Å². The minimum absolute atomic E-state index is 0.182. The number of hydrogen-bond donors (Lipinski definition) is 1. The lowest BCUT2D eigenvalue weighted by atomic mass is 9.95. The number of nitrogens with zero attached hydrogens (tertiary/aromatic N) is 3. The van der Waals surface area contributed by atoms with Crippen molar-refractivity contribution in [2.75, 3.05) is 11.6 Å². The van der Waals surface area contributed by atoms with Crippen molar-refractivity contribution in [2.24, 2.45) is 0 Å². The number of anilines is 1. The van der Waals surface area contributed by atoms with Crippen LogP contribution in [-0.4, -0.2) is 40.3 Å². The highest BCUT2D eigenvalue weighted by Crippen LogP contribution is 2.27. The molecule has 7 nitrogen and oxygen atoms in total. The molecule has 2 aromatic carbocycles. The summed E-state index contributed by atoms with van der Waals surface area (Å²) in [6.45, 7) is 0.182. The first kappa shape index (κ1) is 21.0. The molecular weight excluding hydrogens is 440 g/mol. The van der Waals surface area contributed by atoms with Crippen LogP contribution in [0, 0.1) is 0 Å². The van der Waals surface area contributed by atoms with Gasteiger partial charge in [0.15, 0.2) is 0 Å². The SMILES string of the molecule is CS(=O)(=O)N1Cc2ccccc2CC1C(=O)Nc1nc(SCc2ccccc2)ns1. The van der Waals surface area contributed by atoms with Crippen molar-refractivity contribution in [3.8, 4) is 0 Å². The molecule has 30 heavy (non-hydrogen) atoms. The first-order chi connectivity index (χ1) is 14.4. The minimum Gasteiger partial charge on any atom is -0.299 e. The van der Waals surface area contributed by atoms with Crippen LogP contribution in [0.4, 0.5) is 5.13 Å². The zero-order valence-corrected chi connectivity index (χ0v) is 18.6. The highest BCUT2D eigenvalue weighted by atomic mass is 32.2. The van der Waals surface area contributed by atoms with Gasteiger partial charge in [-0.15, -0.1) is 0 Å². The van der Waals surface area contributed by atoms with Crippen LogP contribution in [0.15, 0.2) is 59.8 Å². The van der Waals surface area contributed by atoms with E-state index in [1.807, 2.05) is 54.6 Å². The number of sulfonamides is 1. The molecule has 0 radical (unpaired) electrons. The number of aromatic nitrogens is 2. The van der Waals surface area contributed by atoms with Crippen molar-refractivity contribution in [1.29, 1.82) is 0 Å². The Kier molecular flexibility index (Phi) is 6.19. The minimum atomic E-state index is -3.55. The van der Waals surface area contributed by atoms with Crippen LogP contribution in [0.25, 0.3) is 0 Å². The van der Waals surface area contributed by atoms with E-state index in [0.717, 1.165) is 40.2 Å². The number of amides is 1. The van der Waals surface area contributed by atoms with Crippen LogP contribution < -0.4 is 5.32 Å². The van der Waals surface area contributed by atoms with Crippen molar-refractivity contribution in [3.63, 3.8) is 0 Å². The lowest BCUT2D eigenvalue weighted by Gasteiger charge is -2.33. The maximum absolute atomic E-state index is 12.9. The largest absolute Gasteiger partial charge is 0.299 e. The Morgan fingerprint density at radius 1 is 1.17 bits per heavy atom. The van der Waals surface area contributed by atoms with E-state index < -0.39 is 22.0 Å². The van der Waals surface area contributed by atoms with Crippen LogP contribution >= 0.6 is 23.3 Å². The second kappa shape index (κ2) is 8.84. The van der Waals surface area contributed by atoms with E-state index in [0.29, 0.717) is 16.7 Å². The molecule has 0 saturated heterocycles. The summed E-state index contributed by atoms with van der Waals surface area (Å²) in [6.07, 6.45) is 1.45. The number of fused-ring (bicyclic) bond motifs is 1. The number of hydrogen-bond acceptors (Lipinski definition) is 7. The highest BCUT2D eigenvalue weighted by Gasteiger charge is 2.37. The smallest absolute Gasteiger partial charge is 0.245 e. The molecule has 3 aromatic rings. The Morgan fingerprint density at radius 2 is 1.87 bits per heavy atom. The predicted octanol–water partition coefficient (Wildman–Crippen LogP) is 3.16. The zero-order valence-electron chi connectivity index (χ0n) is 16.2. The summed E-state index contributed by atoms with van der Waals surface area (Å²) < 4.78 is 30.1. The van der Waals surface area contributed by atoms with E-state index in [1.54, 1.807) is 0 Å². The standard InChI is InChI=1S/C20H20N4O3S3/c1-30(26,27)24-12-16-10-6-5-9-15(16)11-17(24)18(25)21-19-22-20(23-29-19)28-13-14-7-3-2-4-8-14/h2-10,17H,11-13H2,1H3,(H,21,22,23,25). The predicted molar refractivity (Wildman–Crippen MR) is 119 cm³/mol. The molecule has 1 aromatic heterocycles. The molecule has 0 saturated carbocycles. The molecule has 1 aliphatic rings. The molecule has 1 N–H and O–H groups in total. The van der Waals surface area contributed by atoms with Gasteiger partial charge in [0.2, 0.25) is 26.2 Å². The number of thioether (sulfide) groups is 1. The molecule has 0 aliphatic carbocycles. The van der Waals surface area contributed by atoms with E-state index in [9.17, 15) is 13.2 Å². The Bertz CT molecular complexity index is 1150. The molecule has 1 unspecified atom stereocenters. The first-order valence-corrected chi connectivity index (χ1v) is 12.9. The van der Waals surface area contributed by atoms with Crippen molar-refractivity contribution >= 4 is 44.4 Å². The fraction of sp³-hybridized carbons (Fsp3) is 0.250. The van der Waals surface area contributed by atoms with Gasteiger partial charge in [0.1, 0.15) is 6.04 Å². The normalized spacial score (nSPS) is 16.8.